The highest BCUT2D eigenvalue weighted by atomic mass is 19.1. The molecule has 2 rings (SSSR count). The van der Waals surface area contributed by atoms with E-state index in [2.05, 4.69) is 33.4 Å². The third-order valence-electron chi connectivity index (χ3n) is 3.77. The van der Waals surface area contributed by atoms with Gasteiger partial charge in [0.05, 0.1) is 18.4 Å². The molecule has 6 heteroatoms. The number of pyridine rings is 1. The Labute approximate surface area is 158 Å². The lowest BCUT2D eigenvalue weighted by atomic mass is 10.1. The van der Waals surface area contributed by atoms with Crippen LogP contribution in [-0.2, 0) is 13.0 Å². The van der Waals surface area contributed by atoms with Crippen LogP contribution in [0, 0.1) is 5.82 Å². The molecule has 0 amide bonds. The lowest BCUT2D eigenvalue weighted by Gasteiger charge is -2.01. The average Bonchev–Trinajstić information content (AvgIpc) is 3.02. The fourth-order valence-corrected chi connectivity index (χ4v) is 2.44. The van der Waals surface area contributed by atoms with Crippen LogP contribution in [0.25, 0.3) is 12.7 Å². The molecular formula is C21H24FN5. The zero-order valence-corrected chi connectivity index (χ0v) is 15.2. The Bertz CT molecular complexity index is 936. The van der Waals surface area contributed by atoms with Crippen molar-refractivity contribution in [3.63, 3.8) is 0 Å². The average molecular weight is 365 g/mol. The first-order chi connectivity index (χ1) is 13.1. The number of nitrogens with one attached hydrogen (secondary N) is 2. The third kappa shape index (κ3) is 6.43. The molecule has 0 aliphatic heterocycles. The number of aliphatic imine (C=N–C) groups is 1. The van der Waals surface area contributed by atoms with E-state index in [0.717, 1.165) is 23.4 Å². The standard InChI is InChI=1S/C21H24FN5/c1-3-24-21(27-15-19-11-10-18(22)14-26-19)9-5-4-7-17-13-25-16(2)20(17)8-6-12-23/h3,5-6,8-14,25H,1-2,4,7,15,23H2,(H,24,27)/b9-5-,12-6-,20-8+. The summed E-state index contributed by atoms with van der Waals surface area (Å²) in [5.41, 5.74) is 7.27. The minimum atomic E-state index is -0.360. The van der Waals surface area contributed by atoms with Crippen LogP contribution < -0.4 is 21.6 Å². The molecule has 2 aromatic rings. The lowest BCUT2D eigenvalue weighted by molar-refractivity contribution is 0.619. The maximum Gasteiger partial charge on any atom is 0.141 e. The van der Waals surface area contributed by atoms with E-state index >= 15 is 0 Å². The van der Waals surface area contributed by atoms with Crippen molar-refractivity contribution in [1.82, 2.24) is 15.3 Å². The Hall–Kier alpha value is -3.41. The fraction of sp³-hybridized carbons (Fsp3) is 0.143. The van der Waals surface area contributed by atoms with Crippen molar-refractivity contribution in [2.24, 2.45) is 10.7 Å². The molecule has 140 valence electrons. The summed E-state index contributed by atoms with van der Waals surface area (Å²) in [6.07, 6.45) is 15.6. The van der Waals surface area contributed by atoms with E-state index < -0.39 is 0 Å². The van der Waals surface area contributed by atoms with Crippen molar-refractivity contribution in [2.75, 3.05) is 0 Å². The number of nitrogens with zero attached hydrogens (tertiary/aromatic N) is 2. The summed E-state index contributed by atoms with van der Waals surface area (Å²) < 4.78 is 12.9. The van der Waals surface area contributed by atoms with E-state index in [1.165, 1.54) is 24.0 Å². The summed E-state index contributed by atoms with van der Waals surface area (Å²) in [6, 6.07) is 2.99. The summed E-state index contributed by atoms with van der Waals surface area (Å²) in [5, 5.41) is 4.92. The Kier molecular flexibility index (Phi) is 7.78. The number of amidine groups is 1. The SMILES string of the molecule is C=CNC(/C=C\CCc1c[nH]c(=C)/c1=C\C=C/N)=NCc1ccc(F)cn1. The Morgan fingerprint density at radius 1 is 1.41 bits per heavy atom. The van der Waals surface area contributed by atoms with Crippen LogP contribution in [0.5, 0.6) is 0 Å². The van der Waals surface area contributed by atoms with Crippen LogP contribution in [0.4, 0.5) is 4.39 Å². The van der Waals surface area contributed by atoms with Crippen molar-refractivity contribution in [3.8, 4) is 0 Å². The molecule has 0 saturated heterocycles. The van der Waals surface area contributed by atoms with E-state index in [-0.39, 0.29) is 5.82 Å². The number of aromatic amines is 1. The zero-order chi connectivity index (χ0) is 19.5. The van der Waals surface area contributed by atoms with Crippen LogP contribution >= 0.6 is 0 Å². The van der Waals surface area contributed by atoms with Crippen LogP contribution in [0.15, 0.2) is 66.7 Å². The maximum absolute atomic E-state index is 12.9. The van der Waals surface area contributed by atoms with Gasteiger partial charge in [-0.1, -0.05) is 25.3 Å². The molecule has 0 saturated carbocycles. The molecule has 0 aromatic carbocycles. The van der Waals surface area contributed by atoms with E-state index in [0.29, 0.717) is 18.1 Å². The molecule has 27 heavy (non-hydrogen) atoms. The smallest absolute Gasteiger partial charge is 0.141 e. The maximum atomic E-state index is 12.9. The van der Waals surface area contributed by atoms with Crippen LogP contribution in [0.2, 0.25) is 0 Å². The van der Waals surface area contributed by atoms with E-state index in [1.54, 1.807) is 18.3 Å². The number of rotatable bonds is 8. The van der Waals surface area contributed by atoms with Gasteiger partial charge in [-0.25, -0.2) is 4.39 Å². The topological polar surface area (TPSA) is 79.1 Å². The molecule has 0 unspecified atom stereocenters. The van der Waals surface area contributed by atoms with Gasteiger partial charge in [0.15, 0.2) is 0 Å². The van der Waals surface area contributed by atoms with E-state index in [9.17, 15) is 4.39 Å². The van der Waals surface area contributed by atoms with Gasteiger partial charge in [0.25, 0.3) is 0 Å². The van der Waals surface area contributed by atoms with Crippen LogP contribution in [-0.4, -0.2) is 15.8 Å². The third-order valence-corrected chi connectivity index (χ3v) is 3.77. The summed E-state index contributed by atoms with van der Waals surface area (Å²) in [6.45, 7) is 8.00. The molecule has 0 aliphatic rings. The summed E-state index contributed by atoms with van der Waals surface area (Å²) in [7, 11) is 0. The lowest BCUT2D eigenvalue weighted by Crippen LogP contribution is -2.23. The molecule has 0 aliphatic carbocycles. The van der Waals surface area contributed by atoms with E-state index in [1.807, 2.05) is 24.4 Å². The number of nitrogens with two attached hydrogens (primary N) is 1. The van der Waals surface area contributed by atoms with Gasteiger partial charge in [0.1, 0.15) is 11.7 Å². The normalized spacial score (nSPS) is 12.9. The molecule has 0 atom stereocenters. The Balaban J connectivity index is 1.99. The van der Waals surface area contributed by atoms with Gasteiger partial charge in [0.2, 0.25) is 0 Å². The molecule has 0 bridgehead atoms. The number of aryl methyl sites for hydroxylation is 1. The minimum Gasteiger partial charge on any atom is -0.405 e. The predicted molar refractivity (Wildman–Crippen MR) is 109 cm³/mol. The number of hydrogen-bond acceptors (Lipinski definition) is 3. The molecule has 0 radical (unpaired) electrons. The molecule has 0 fully saturated rings. The highest BCUT2D eigenvalue weighted by molar-refractivity contribution is 5.93. The van der Waals surface area contributed by atoms with Gasteiger partial charge >= 0.3 is 0 Å². The van der Waals surface area contributed by atoms with Gasteiger partial charge in [-0.2, -0.15) is 0 Å². The van der Waals surface area contributed by atoms with E-state index in [4.69, 9.17) is 5.73 Å². The molecule has 2 heterocycles. The monoisotopic (exact) mass is 365 g/mol. The summed E-state index contributed by atoms with van der Waals surface area (Å²) in [4.78, 5) is 11.6. The number of aromatic nitrogens is 2. The predicted octanol–water partition coefficient (Wildman–Crippen LogP) is 2.03. The van der Waals surface area contributed by atoms with Crippen molar-refractivity contribution < 1.29 is 4.39 Å². The fourth-order valence-electron chi connectivity index (χ4n) is 2.44. The number of halogens is 1. The van der Waals surface area contributed by atoms with Crippen molar-refractivity contribution >= 4 is 18.5 Å². The molecule has 5 nitrogen and oxygen atoms in total. The second kappa shape index (κ2) is 10.6. The molecule has 4 N–H and O–H groups in total. The molecular weight excluding hydrogens is 341 g/mol. The number of allylic oxidation sites excluding steroid dienone is 2. The first kappa shape index (κ1) is 19.9. The van der Waals surface area contributed by atoms with Gasteiger partial charge in [0, 0.05) is 16.8 Å². The van der Waals surface area contributed by atoms with Crippen LogP contribution in [0.3, 0.4) is 0 Å². The van der Waals surface area contributed by atoms with Gasteiger partial charge in [-0.05, 0) is 55.1 Å². The largest absolute Gasteiger partial charge is 0.405 e. The quantitative estimate of drug-likeness (QED) is 0.495. The van der Waals surface area contributed by atoms with Crippen molar-refractivity contribution in [2.45, 2.75) is 19.4 Å². The Morgan fingerprint density at radius 2 is 2.26 bits per heavy atom. The van der Waals surface area contributed by atoms with Crippen molar-refractivity contribution in [1.29, 1.82) is 0 Å². The summed E-state index contributed by atoms with van der Waals surface area (Å²) in [5.74, 6) is 0.307. The van der Waals surface area contributed by atoms with Crippen molar-refractivity contribution in [3.05, 3.63) is 89.4 Å². The first-order valence-corrected chi connectivity index (χ1v) is 8.56. The second-order valence-corrected chi connectivity index (χ2v) is 5.72. The number of hydrogen-bond donors (Lipinski definition) is 3. The minimum absolute atomic E-state index is 0.355. The van der Waals surface area contributed by atoms with Gasteiger partial charge in [-0.3, -0.25) is 9.98 Å². The molecule has 0 spiro atoms. The first-order valence-electron chi connectivity index (χ1n) is 8.56. The zero-order valence-electron chi connectivity index (χ0n) is 15.2. The van der Waals surface area contributed by atoms with Crippen LogP contribution in [0.1, 0.15) is 17.7 Å². The van der Waals surface area contributed by atoms with Gasteiger partial charge < -0.3 is 16.0 Å². The highest BCUT2D eigenvalue weighted by Crippen LogP contribution is 2.01. The molecule has 2 aromatic heterocycles. The highest BCUT2D eigenvalue weighted by Gasteiger charge is 1.98. The summed E-state index contributed by atoms with van der Waals surface area (Å²) >= 11 is 0. The van der Waals surface area contributed by atoms with Gasteiger partial charge in [-0.15, -0.1) is 0 Å². The Morgan fingerprint density at radius 3 is 2.96 bits per heavy atom. The number of H-pyrrole nitrogens is 1. The second-order valence-electron chi connectivity index (χ2n) is 5.72.